The molecule has 1 fully saturated rings. The maximum atomic E-state index is 12.1. The van der Waals surface area contributed by atoms with E-state index in [-0.39, 0.29) is 35.8 Å². The molecule has 2 unspecified atom stereocenters. The van der Waals surface area contributed by atoms with Crippen LogP contribution in [-0.4, -0.2) is 51.4 Å². The summed E-state index contributed by atoms with van der Waals surface area (Å²) in [7, 11) is 0. The van der Waals surface area contributed by atoms with Crippen molar-refractivity contribution in [2.45, 2.75) is 25.6 Å². The summed E-state index contributed by atoms with van der Waals surface area (Å²) in [4.78, 5) is 46.7. The number of amides is 1. The standard InChI is InChI=1S/C13H15NO6S/c1-6(15)3-9-11(17)14-10(13(18)19)8(4-20-7(2)16)5-21-12(9)14/h9,12H,3-5H2,1-2H3,(H,18,19). The van der Waals surface area contributed by atoms with Gasteiger partial charge < -0.3 is 14.6 Å². The van der Waals surface area contributed by atoms with Crippen LogP contribution in [0.15, 0.2) is 11.3 Å². The predicted molar refractivity (Wildman–Crippen MR) is 73.2 cm³/mol. The Balaban J connectivity index is 2.22. The highest BCUT2D eigenvalue weighted by molar-refractivity contribution is 8.00. The van der Waals surface area contributed by atoms with Crippen molar-refractivity contribution in [3.05, 3.63) is 11.3 Å². The molecule has 0 aliphatic carbocycles. The van der Waals surface area contributed by atoms with Gasteiger partial charge in [-0.3, -0.25) is 14.5 Å². The Morgan fingerprint density at radius 3 is 2.57 bits per heavy atom. The molecule has 2 atom stereocenters. The number of Topliss-reactive ketones (excluding diaryl/α,β-unsaturated/α-hetero) is 1. The van der Waals surface area contributed by atoms with Gasteiger partial charge in [0.1, 0.15) is 18.1 Å². The van der Waals surface area contributed by atoms with Gasteiger partial charge in [-0.25, -0.2) is 4.79 Å². The normalized spacial score (nSPS) is 24.3. The Labute approximate surface area is 125 Å². The molecule has 0 aromatic rings. The van der Waals surface area contributed by atoms with Crippen LogP contribution in [0.4, 0.5) is 0 Å². The van der Waals surface area contributed by atoms with E-state index in [0.29, 0.717) is 11.3 Å². The van der Waals surface area contributed by atoms with Gasteiger partial charge in [-0.05, 0) is 6.92 Å². The van der Waals surface area contributed by atoms with E-state index in [1.807, 2.05) is 0 Å². The molecule has 114 valence electrons. The molecule has 1 N–H and O–H groups in total. The number of esters is 1. The van der Waals surface area contributed by atoms with Gasteiger partial charge in [0.2, 0.25) is 5.91 Å². The summed E-state index contributed by atoms with van der Waals surface area (Å²) < 4.78 is 4.83. The van der Waals surface area contributed by atoms with Gasteiger partial charge in [-0.15, -0.1) is 11.8 Å². The van der Waals surface area contributed by atoms with Crippen LogP contribution in [0.1, 0.15) is 20.3 Å². The number of β-lactam (4-membered cyclic amide) rings is 1. The summed E-state index contributed by atoms with van der Waals surface area (Å²) in [6.45, 7) is 2.50. The molecule has 8 heteroatoms. The summed E-state index contributed by atoms with van der Waals surface area (Å²) in [5, 5.41) is 8.99. The molecule has 0 spiro atoms. The van der Waals surface area contributed by atoms with Crippen molar-refractivity contribution in [3.8, 4) is 0 Å². The fourth-order valence-electron chi connectivity index (χ4n) is 2.43. The monoisotopic (exact) mass is 313 g/mol. The molecule has 0 bridgehead atoms. The topological polar surface area (TPSA) is 101 Å². The smallest absolute Gasteiger partial charge is 0.352 e. The van der Waals surface area contributed by atoms with E-state index in [9.17, 15) is 24.3 Å². The highest BCUT2D eigenvalue weighted by Crippen LogP contribution is 2.45. The maximum Gasteiger partial charge on any atom is 0.352 e. The summed E-state index contributed by atoms with van der Waals surface area (Å²) in [6.07, 6.45) is 0.124. The zero-order valence-corrected chi connectivity index (χ0v) is 12.4. The molecule has 7 nitrogen and oxygen atoms in total. The molecule has 2 aliphatic rings. The molecule has 0 radical (unpaired) electrons. The summed E-state index contributed by atoms with van der Waals surface area (Å²) in [5.74, 6) is -2.30. The molecule has 2 heterocycles. The minimum absolute atomic E-state index is 0.0971. The molecule has 0 aromatic carbocycles. The highest BCUT2D eigenvalue weighted by atomic mass is 32.2. The second-order valence-electron chi connectivity index (χ2n) is 4.96. The minimum atomic E-state index is -1.22. The largest absolute Gasteiger partial charge is 0.477 e. The van der Waals surface area contributed by atoms with E-state index in [0.717, 1.165) is 0 Å². The fraction of sp³-hybridized carbons (Fsp3) is 0.538. The number of fused-ring (bicyclic) bond motifs is 1. The van der Waals surface area contributed by atoms with E-state index < -0.39 is 17.9 Å². The second-order valence-corrected chi connectivity index (χ2v) is 6.07. The number of hydrogen-bond donors (Lipinski definition) is 1. The zero-order valence-electron chi connectivity index (χ0n) is 11.6. The van der Waals surface area contributed by atoms with Crippen molar-refractivity contribution in [1.29, 1.82) is 0 Å². The predicted octanol–water partition coefficient (Wildman–Crippen LogP) is 0.399. The van der Waals surface area contributed by atoms with Crippen LogP contribution in [0.5, 0.6) is 0 Å². The second kappa shape index (κ2) is 5.88. The van der Waals surface area contributed by atoms with Gasteiger partial charge in [0, 0.05) is 24.7 Å². The number of hydrogen-bond acceptors (Lipinski definition) is 6. The van der Waals surface area contributed by atoms with Gasteiger partial charge in [0.15, 0.2) is 0 Å². The number of carbonyl (C=O) groups excluding carboxylic acids is 3. The Kier molecular flexibility index (Phi) is 4.36. The lowest BCUT2D eigenvalue weighted by atomic mass is 9.91. The molecular formula is C13H15NO6S. The molecular weight excluding hydrogens is 298 g/mol. The lowest BCUT2D eigenvalue weighted by Gasteiger charge is -2.49. The van der Waals surface area contributed by atoms with Crippen LogP contribution in [0.25, 0.3) is 0 Å². The molecule has 1 saturated heterocycles. The van der Waals surface area contributed by atoms with Crippen molar-refractivity contribution in [2.75, 3.05) is 12.4 Å². The van der Waals surface area contributed by atoms with Crippen LogP contribution in [-0.2, 0) is 23.9 Å². The van der Waals surface area contributed by atoms with Gasteiger partial charge in [0.05, 0.1) is 11.3 Å². The van der Waals surface area contributed by atoms with E-state index in [2.05, 4.69) is 0 Å². The molecule has 2 rings (SSSR count). The summed E-state index contributed by atoms with van der Waals surface area (Å²) in [5.41, 5.74) is 0.276. The number of ketones is 1. The Morgan fingerprint density at radius 1 is 1.38 bits per heavy atom. The average molecular weight is 313 g/mol. The van der Waals surface area contributed by atoms with Crippen molar-refractivity contribution in [1.82, 2.24) is 4.90 Å². The minimum Gasteiger partial charge on any atom is -0.477 e. The zero-order chi connectivity index (χ0) is 15.7. The Bertz CT molecular complexity index is 555. The van der Waals surface area contributed by atoms with E-state index in [1.54, 1.807) is 0 Å². The van der Waals surface area contributed by atoms with Crippen LogP contribution in [0.2, 0.25) is 0 Å². The van der Waals surface area contributed by atoms with Crippen molar-refractivity contribution in [3.63, 3.8) is 0 Å². The van der Waals surface area contributed by atoms with Gasteiger partial charge in [-0.1, -0.05) is 0 Å². The molecule has 2 aliphatic heterocycles. The van der Waals surface area contributed by atoms with Gasteiger partial charge >= 0.3 is 11.9 Å². The van der Waals surface area contributed by atoms with Crippen LogP contribution < -0.4 is 0 Å². The van der Waals surface area contributed by atoms with E-state index >= 15 is 0 Å². The van der Waals surface area contributed by atoms with E-state index in [4.69, 9.17) is 4.74 Å². The Hall–Kier alpha value is -1.83. The van der Waals surface area contributed by atoms with E-state index in [1.165, 1.54) is 30.5 Å². The quantitative estimate of drug-likeness (QED) is 0.579. The number of ether oxygens (including phenoxy) is 1. The van der Waals surface area contributed by atoms with Crippen LogP contribution >= 0.6 is 11.8 Å². The molecule has 21 heavy (non-hydrogen) atoms. The number of thioether (sulfide) groups is 1. The maximum absolute atomic E-state index is 12.1. The third-order valence-corrected chi connectivity index (χ3v) is 4.71. The third-order valence-electron chi connectivity index (χ3n) is 3.32. The fourth-order valence-corrected chi connectivity index (χ4v) is 3.82. The number of carboxylic acids is 1. The Morgan fingerprint density at radius 2 is 2.05 bits per heavy atom. The molecule has 0 aromatic heterocycles. The molecule has 0 saturated carbocycles. The lowest BCUT2D eigenvalue weighted by molar-refractivity contribution is -0.154. The van der Waals surface area contributed by atoms with Crippen LogP contribution in [0.3, 0.4) is 0 Å². The third kappa shape index (κ3) is 2.94. The number of nitrogens with zero attached hydrogens (tertiary/aromatic N) is 1. The SMILES string of the molecule is CC(=O)CC1C(=O)N2C(C(=O)O)=C(COC(C)=O)CSC12. The summed E-state index contributed by atoms with van der Waals surface area (Å²) in [6, 6.07) is 0. The number of rotatable bonds is 5. The number of carbonyl (C=O) groups is 4. The molecule has 1 amide bonds. The first-order valence-corrected chi connectivity index (χ1v) is 7.40. The van der Waals surface area contributed by atoms with Crippen LogP contribution in [0, 0.1) is 5.92 Å². The number of carboxylic acid groups (broad SMARTS) is 1. The van der Waals surface area contributed by atoms with Crippen molar-refractivity contribution in [2.24, 2.45) is 5.92 Å². The lowest BCUT2D eigenvalue weighted by Crippen LogP contribution is -2.61. The first-order valence-electron chi connectivity index (χ1n) is 6.35. The first kappa shape index (κ1) is 15.6. The van der Waals surface area contributed by atoms with Crippen molar-refractivity contribution >= 4 is 35.4 Å². The number of aliphatic carboxylic acids is 1. The first-order chi connectivity index (χ1) is 9.82. The average Bonchev–Trinajstić information content (AvgIpc) is 2.40. The van der Waals surface area contributed by atoms with Gasteiger partial charge in [-0.2, -0.15) is 0 Å². The summed E-state index contributed by atoms with van der Waals surface area (Å²) >= 11 is 1.39. The van der Waals surface area contributed by atoms with Crippen molar-refractivity contribution < 1.29 is 29.0 Å². The highest BCUT2D eigenvalue weighted by Gasteiger charge is 2.53. The van der Waals surface area contributed by atoms with Gasteiger partial charge in [0.25, 0.3) is 0 Å².